The third-order valence-electron chi connectivity index (χ3n) is 2.85. The SMILES string of the molecule is COc1ccc(S(=O)(=O)N(CCC(=O)O)C(C)C)cc1Br. The molecule has 0 saturated heterocycles. The lowest BCUT2D eigenvalue weighted by atomic mass is 10.3. The lowest BCUT2D eigenvalue weighted by Gasteiger charge is -2.25. The van der Waals surface area contributed by atoms with Crippen LogP contribution in [0.4, 0.5) is 0 Å². The Hall–Kier alpha value is -1.12. The van der Waals surface area contributed by atoms with Crippen molar-refractivity contribution in [2.75, 3.05) is 13.7 Å². The van der Waals surface area contributed by atoms with E-state index >= 15 is 0 Å². The molecule has 118 valence electrons. The second-order valence-corrected chi connectivity index (χ2v) is 7.39. The van der Waals surface area contributed by atoms with Crippen molar-refractivity contribution in [3.63, 3.8) is 0 Å². The molecule has 21 heavy (non-hydrogen) atoms. The third kappa shape index (κ3) is 4.42. The molecule has 1 N–H and O–H groups in total. The number of benzene rings is 1. The Morgan fingerprint density at radius 3 is 2.48 bits per heavy atom. The van der Waals surface area contributed by atoms with Crippen molar-refractivity contribution in [3.8, 4) is 5.75 Å². The van der Waals surface area contributed by atoms with Gasteiger partial charge in [-0.05, 0) is 48.0 Å². The molecule has 0 unspecified atom stereocenters. The van der Waals surface area contributed by atoms with Crippen LogP contribution in [-0.2, 0) is 14.8 Å². The molecule has 0 aliphatic rings. The van der Waals surface area contributed by atoms with Gasteiger partial charge in [-0.3, -0.25) is 4.79 Å². The van der Waals surface area contributed by atoms with Crippen molar-refractivity contribution < 1.29 is 23.1 Å². The number of sulfonamides is 1. The van der Waals surface area contributed by atoms with Gasteiger partial charge in [-0.25, -0.2) is 8.42 Å². The van der Waals surface area contributed by atoms with Crippen LogP contribution >= 0.6 is 15.9 Å². The van der Waals surface area contributed by atoms with Crippen molar-refractivity contribution in [1.29, 1.82) is 0 Å². The summed E-state index contributed by atoms with van der Waals surface area (Å²) in [7, 11) is -2.27. The summed E-state index contributed by atoms with van der Waals surface area (Å²) in [5.74, 6) is -0.512. The number of carboxylic acid groups (broad SMARTS) is 1. The van der Waals surface area contributed by atoms with Gasteiger partial charge in [0.1, 0.15) is 5.75 Å². The molecule has 0 aromatic heterocycles. The van der Waals surface area contributed by atoms with Crippen molar-refractivity contribution in [2.24, 2.45) is 0 Å². The monoisotopic (exact) mass is 379 g/mol. The van der Waals surface area contributed by atoms with E-state index < -0.39 is 16.0 Å². The maximum absolute atomic E-state index is 12.6. The molecule has 1 aromatic rings. The quantitative estimate of drug-likeness (QED) is 0.785. The molecule has 0 heterocycles. The summed E-state index contributed by atoms with van der Waals surface area (Å²) in [5.41, 5.74) is 0. The van der Waals surface area contributed by atoms with E-state index in [0.717, 1.165) is 0 Å². The molecule has 0 spiro atoms. The zero-order valence-corrected chi connectivity index (χ0v) is 14.4. The fourth-order valence-corrected chi connectivity index (χ4v) is 4.16. The van der Waals surface area contributed by atoms with Gasteiger partial charge in [0.15, 0.2) is 0 Å². The van der Waals surface area contributed by atoms with Gasteiger partial charge in [-0.15, -0.1) is 0 Å². The highest BCUT2D eigenvalue weighted by molar-refractivity contribution is 9.10. The molecular weight excluding hydrogens is 362 g/mol. The van der Waals surface area contributed by atoms with Gasteiger partial charge in [0.2, 0.25) is 10.0 Å². The minimum absolute atomic E-state index is 0.0705. The molecule has 1 aromatic carbocycles. The number of aliphatic carboxylic acids is 1. The zero-order valence-electron chi connectivity index (χ0n) is 12.0. The molecule has 1 rings (SSSR count). The second kappa shape index (κ2) is 7.24. The van der Waals surface area contributed by atoms with E-state index in [-0.39, 0.29) is 23.9 Å². The predicted octanol–water partition coefficient (Wildman–Crippen LogP) is 2.33. The van der Waals surface area contributed by atoms with Crippen LogP contribution in [-0.4, -0.2) is 43.5 Å². The van der Waals surface area contributed by atoms with Gasteiger partial charge in [-0.2, -0.15) is 4.31 Å². The largest absolute Gasteiger partial charge is 0.496 e. The molecule has 0 fully saturated rings. The van der Waals surface area contributed by atoms with Gasteiger partial charge in [-0.1, -0.05) is 0 Å². The van der Waals surface area contributed by atoms with Crippen molar-refractivity contribution in [3.05, 3.63) is 22.7 Å². The Bertz CT molecular complexity index is 615. The number of nitrogens with zero attached hydrogens (tertiary/aromatic N) is 1. The minimum Gasteiger partial charge on any atom is -0.496 e. The summed E-state index contributed by atoms with van der Waals surface area (Å²) >= 11 is 3.25. The number of carbonyl (C=O) groups is 1. The van der Waals surface area contributed by atoms with Crippen LogP contribution in [0, 0.1) is 0 Å². The summed E-state index contributed by atoms with van der Waals surface area (Å²) in [5, 5.41) is 8.75. The maximum Gasteiger partial charge on any atom is 0.304 e. The van der Waals surface area contributed by atoms with E-state index in [0.29, 0.717) is 10.2 Å². The first kappa shape index (κ1) is 17.9. The van der Waals surface area contributed by atoms with Gasteiger partial charge in [0.05, 0.1) is 22.9 Å². The topological polar surface area (TPSA) is 83.9 Å². The Labute approximate surface area is 132 Å². The van der Waals surface area contributed by atoms with Crippen LogP contribution in [0.2, 0.25) is 0 Å². The van der Waals surface area contributed by atoms with Gasteiger partial charge < -0.3 is 9.84 Å². The molecule has 6 nitrogen and oxygen atoms in total. The molecule has 0 radical (unpaired) electrons. The molecular formula is C13H18BrNO5S. The molecule has 8 heteroatoms. The normalized spacial score (nSPS) is 11.9. The Morgan fingerprint density at radius 2 is 2.05 bits per heavy atom. The number of methoxy groups -OCH3 is 1. The smallest absolute Gasteiger partial charge is 0.304 e. The predicted molar refractivity (Wildman–Crippen MR) is 82.0 cm³/mol. The third-order valence-corrected chi connectivity index (χ3v) is 5.54. The highest BCUT2D eigenvalue weighted by Gasteiger charge is 2.28. The number of rotatable bonds is 7. The first-order valence-electron chi connectivity index (χ1n) is 6.27. The van der Waals surface area contributed by atoms with E-state index in [9.17, 15) is 13.2 Å². The lowest BCUT2D eigenvalue weighted by Crippen LogP contribution is -2.38. The first-order valence-corrected chi connectivity index (χ1v) is 8.50. The fourth-order valence-electron chi connectivity index (χ4n) is 1.80. The summed E-state index contributed by atoms with van der Waals surface area (Å²) < 4.78 is 32.0. The fraction of sp³-hybridized carbons (Fsp3) is 0.462. The van der Waals surface area contributed by atoms with Gasteiger partial charge in [0.25, 0.3) is 0 Å². The first-order chi connectivity index (χ1) is 9.70. The van der Waals surface area contributed by atoms with Crippen LogP contribution in [0.25, 0.3) is 0 Å². The van der Waals surface area contributed by atoms with Crippen LogP contribution in [0.5, 0.6) is 5.75 Å². The minimum atomic E-state index is -3.76. The van der Waals surface area contributed by atoms with Crippen LogP contribution in [0.3, 0.4) is 0 Å². The van der Waals surface area contributed by atoms with E-state index in [1.165, 1.54) is 23.5 Å². The zero-order chi connectivity index (χ0) is 16.2. The van der Waals surface area contributed by atoms with Gasteiger partial charge >= 0.3 is 5.97 Å². The number of ether oxygens (including phenoxy) is 1. The molecule has 0 amide bonds. The highest BCUT2D eigenvalue weighted by Crippen LogP contribution is 2.29. The average molecular weight is 380 g/mol. The molecule has 0 saturated carbocycles. The van der Waals surface area contributed by atoms with Crippen molar-refractivity contribution in [1.82, 2.24) is 4.31 Å². The highest BCUT2D eigenvalue weighted by atomic mass is 79.9. The van der Waals surface area contributed by atoms with E-state index in [1.54, 1.807) is 19.9 Å². The van der Waals surface area contributed by atoms with E-state index in [2.05, 4.69) is 15.9 Å². The average Bonchev–Trinajstić information content (AvgIpc) is 2.37. The lowest BCUT2D eigenvalue weighted by molar-refractivity contribution is -0.137. The standard InChI is InChI=1S/C13H18BrNO5S/c1-9(2)15(7-6-13(16)17)21(18,19)10-4-5-12(20-3)11(14)8-10/h4-5,8-9H,6-7H2,1-3H3,(H,16,17). The number of hydrogen-bond acceptors (Lipinski definition) is 4. The Morgan fingerprint density at radius 1 is 1.43 bits per heavy atom. The van der Waals surface area contributed by atoms with E-state index in [4.69, 9.17) is 9.84 Å². The Balaban J connectivity index is 3.16. The van der Waals surface area contributed by atoms with Crippen LogP contribution < -0.4 is 4.74 Å². The van der Waals surface area contributed by atoms with Gasteiger partial charge in [0, 0.05) is 12.6 Å². The molecule has 0 atom stereocenters. The number of hydrogen-bond donors (Lipinski definition) is 1. The van der Waals surface area contributed by atoms with Crippen molar-refractivity contribution in [2.45, 2.75) is 31.2 Å². The summed E-state index contributed by atoms with van der Waals surface area (Å²) in [6.45, 7) is 3.34. The summed E-state index contributed by atoms with van der Waals surface area (Å²) in [4.78, 5) is 10.8. The number of carboxylic acids is 1. The summed E-state index contributed by atoms with van der Waals surface area (Å²) in [6.07, 6.45) is -0.241. The molecule has 0 aliphatic carbocycles. The maximum atomic E-state index is 12.6. The second-order valence-electron chi connectivity index (χ2n) is 4.65. The van der Waals surface area contributed by atoms with Crippen LogP contribution in [0.15, 0.2) is 27.6 Å². The van der Waals surface area contributed by atoms with Crippen molar-refractivity contribution >= 4 is 31.9 Å². The molecule has 0 bridgehead atoms. The van der Waals surface area contributed by atoms with Crippen LogP contribution in [0.1, 0.15) is 20.3 Å². The summed E-state index contributed by atoms with van der Waals surface area (Å²) in [6, 6.07) is 4.10. The number of halogens is 1. The van der Waals surface area contributed by atoms with E-state index in [1.807, 2.05) is 0 Å². The Kier molecular flexibility index (Phi) is 6.18. The molecule has 0 aliphatic heterocycles.